The van der Waals surface area contributed by atoms with Crippen molar-refractivity contribution in [2.45, 2.75) is 19.3 Å². The zero-order valence-electron chi connectivity index (χ0n) is 10.2. The van der Waals surface area contributed by atoms with E-state index in [1.807, 2.05) is 6.07 Å². The Kier molecular flexibility index (Phi) is 4.20. The normalized spacial score (nSPS) is 11.6. The molecule has 94 valence electrons. The summed E-state index contributed by atoms with van der Waals surface area (Å²) in [4.78, 5) is 0. The van der Waals surface area contributed by atoms with Gasteiger partial charge in [0.2, 0.25) is 0 Å². The van der Waals surface area contributed by atoms with Gasteiger partial charge in [-0.25, -0.2) is 0 Å². The zero-order chi connectivity index (χ0) is 13.3. The summed E-state index contributed by atoms with van der Waals surface area (Å²) in [6.45, 7) is 4.43. The summed E-state index contributed by atoms with van der Waals surface area (Å²) in [5, 5.41) is 0.711. The summed E-state index contributed by atoms with van der Waals surface area (Å²) in [6.07, 6.45) is 0. The first-order valence-corrected chi connectivity index (χ1v) is 7.60. The largest absolute Gasteiger partial charge is 0.0819 e. The van der Waals surface area contributed by atoms with Crippen molar-refractivity contribution in [1.29, 1.82) is 0 Å². The van der Waals surface area contributed by atoms with E-state index in [2.05, 4.69) is 82.1 Å². The lowest BCUT2D eigenvalue weighted by Gasteiger charge is -2.27. The zero-order valence-corrected chi connectivity index (χ0v) is 14.1. The first-order chi connectivity index (χ1) is 8.43. The summed E-state index contributed by atoms with van der Waals surface area (Å²) >= 11 is 13.2. The quantitative estimate of drug-likeness (QED) is 0.538. The second-order valence-electron chi connectivity index (χ2n) is 4.74. The molecule has 0 saturated carbocycles. The van der Waals surface area contributed by atoms with Gasteiger partial charge in [-0.1, -0.05) is 55.8 Å². The number of hydrogen-bond acceptors (Lipinski definition) is 0. The van der Waals surface area contributed by atoms with Gasteiger partial charge in [0.15, 0.2) is 0 Å². The highest BCUT2D eigenvalue weighted by Gasteiger charge is 2.24. The average molecular weight is 389 g/mol. The van der Waals surface area contributed by atoms with Crippen LogP contribution in [-0.2, 0) is 5.41 Å². The summed E-state index contributed by atoms with van der Waals surface area (Å²) in [5.41, 5.74) is 2.44. The average Bonchev–Trinajstić information content (AvgIpc) is 2.36. The molecule has 0 aliphatic carbocycles. The smallest absolute Gasteiger partial charge is 0.0690 e. The number of halogens is 3. The van der Waals surface area contributed by atoms with Crippen molar-refractivity contribution in [2.75, 3.05) is 0 Å². The van der Waals surface area contributed by atoms with Gasteiger partial charge in [0, 0.05) is 14.4 Å². The first kappa shape index (κ1) is 14.1. The molecule has 0 aromatic heterocycles. The van der Waals surface area contributed by atoms with E-state index >= 15 is 0 Å². The molecule has 2 aromatic rings. The third-order valence-corrected chi connectivity index (χ3v) is 5.32. The van der Waals surface area contributed by atoms with E-state index in [0.29, 0.717) is 5.02 Å². The highest BCUT2D eigenvalue weighted by molar-refractivity contribution is 9.11. The van der Waals surface area contributed by atoms with Crippen LogP contribution in [-0.4, -0.2) is 0 Å². The van der Waals surface area contributed by atoms with Crippen LogP contribution in [0.5, 0.6) is 0 Å². The molecule has 0 spiro atoms. The maximum Gasteiger partial charge on any atom is 0.0690 e. The molecule has 0 saturated heterocycles. The lowest BCUT2D eigenvalue weighted by atomic mass is 9.78. The Balaban J connectivity index is 2.54. The fourth-order valence-corrected chi connectivity index (χ4v) is 3.23. The number of hydrogen-bond donors (Lipinski definition) is 0. The molecule has 2 rings (SSSR count). The van der Waals surface area contributed by atoms with Crippen molar-refractivity contribution in [3.05, 3.63) is 67.6 Å². The van der Waals surface area contributed by atoms with Crippen LogP contribution in [0.15, 0.2) is 51.4 Å². The predicted octanol–water partition coefficient (Wildman–Crippen LogP) is 6.19. The van der Waals surface area contributed by atoms with Crippen LogP contribution in [0.3, 0.4) is 0 Å². The minimum atomic E-state index is -0.0586. The standard InChI is InChI=1S/C15H13Br2Cl/c1-15(2,10-6-4-3-5-7-10)11-8-12(16)14(18)13(17)9-11/h3-9H,1-2H3. The summed E-state index contributed by atoms with van der Waals surface area (Å²) in [6, 6.07) is 14.6. The molecule has 18 heavy (non-hydrogen) atoms. The fourth-order valence-electron chi connectivity index (χ4n) is 1.94. The Morgan fingerprint density at radius 3 is 1.89 bits per heavy atom. The van der Waals surface area contributed by atoms with Crippen molar-refractivity contribution < 1.29 is 0 Å². The molecule has 3 heteroatoms. The van der Waals surface area contributed by atoms with E-state index in [0.717, 1.165) is 8.95 Å². The van der Waals surface area contributed by atoms with Gasteiger partial charge in [-0.15, -0.1) is 0 Å². The Labute approximate surface area is 130 Å². The summed E-state index contributed by atoms with van der Waals surface area (Å²) < 4.78 is 1.83. The Bertz CT molecular complexity index is 539. The van der Waals surface area contributed by atoms with Crippen molar-refractivity contribution in [3.8, 4) is 0 Å². The fraction of sp³-hybridized carbons (Fsp3) is 0.200. The van der Waals surface area contributed by atoms with Crippen LogP contribution in [0, 0.1) is 0 Å². The van der Waals surface area contributed by atoms with Gasteiger partial charge >= 0.3 is 0 Å². The van der Waals surface area contributed by atoms with E-state index < -0.39 is 0 Å². The predicted molar refractivity (Wildman–Crippen MR) is 85.4 cm³/mol. The van der Waals surface area contributed by atoms with Crippen molar-refractivity contribution in [1.82, 2.24) is 0 Å². The van der Waals surface area contributed by atoms with E-state index in [9.17, 15) is 0 Å². The molecule has 0 N–H and O–H groups in total. The molecule has 0 fully saturated rings. The maximum absolute atomic E-state index is 6.15. The Hall–Kier alpha value is -0.310. The maximum atomic E-state index is 6.15. The molecule has 0 radical (unpaired) electrons. The third-order valence-electron chi connectivity index (χ3n) is 3.20. The molecule has 2 aromatic carbocycles. The van der Waals surface area contributed by atoms with Crippen LogP contribution >= 0.6 is 43.5 Å². The lowest BCUT2D eigenvalue weighted by Crippen LogP contribution is -2.18. The summed E-state index contributed by atoms with van der Waals surface area (Å²) in [5.74, 6) is 0. The SMILES string of the molecule is CC(C)(c1ccccc1)c1cc(Br)c(Cl)c(Br)c1. The van der Waals surface area contributed by atoms with Crippen molar-refractivity contribution in [2.24, 2.45) is 0 Å². The van der Waals surface area contributed by atoms with E-state index in [-0.39, 0.29) is 5.41 Å². The lowest BCUT2D eigenvalue weighted by molar-refractivity contribution is 0.640. The Morgan fingerprint density at radius 1 is 0.889 bits per heavy atom. The molecule has 0 bridgehead atoms. The van der Waals surface area contributed by atoms with Crippen molar-refractivity contribution >= 4 is 43.5 Å². The number of benzene rings is 2. The van der Waals surface area contributed by atoms with E-state index in [1.54, 1.807) is 0 Å². The highest BCUT2D eigenvalue weighted by Crippen LogP contribution is 2.38. The van der Waals surface area contributed by atoms with Gasteiger partial charge in [-0.2, -0.15) is 0 Å². The van der Waals surface area contributed by atoms with Crippen LogP contribution in [0.4, 0.5) is 0 Å². The van der Waals surface area contributed by atoms with E-state index in [4.69, 9.17) is 11.6 Å². The molecule has 0 unspecified atom stereocenters. The molecular formula is C15H13Br2Cl. The molecule has 0 amide bonds. The van der Waals surface area contributed by atoms with Crippen LogP contribution in [0.2, 0.25) is 5.02 Å². The second kappa shape index (κ2) is 5.36. The molecule has 0 aliphatic rings. The van der Waals surface area contributed by atoms with Gasteiger partial charge in [0.1, 0.15) is 0 Å². The van der Waals surface area contributed by atoms with Gasteiger partial charge in [-0.3, -0.25) is 0 Å². The van der Waals surface area contributed by atoms with Gasteiger partial charge in [-0.05, 0) is 55.1 Å². The number of rotatable bonds is 2. The molecule has 0 nitrogen and oxygen atoms in total. The van der Waals surface area contributed by atoms with E-state index in [1.165, 1.54) is 11.1 Å². The van der Waals surface area contributed by atoms with Crippen LogP contribution in [0.25, 0.3) is 0 Å². The molecule has 0 atom stereocenters. The van der Waals surface area contributed by atoms with Gasteiger partial charge < -0.3 is 0 Å². The monoisotopic (exact) mass is 386 g/mol. The topological polar surface area (TPSA) is 0 Å². The van der Waals surface area contributed by atoms with Gasteiger partial charge in [0.25, 0.3) is 0 Å². The Morgan fingerprint density at radius 2 is 1.39 bits per heavy atom. The minimum absolute atomic E-state index is 0.0586. The van der Waals surface area contributed by atoms with Gasteiger partial charge in [0.05, 0.1) is 5.02 Å². The highest BCUT2D eigenvalue weighted by atomic mass is 79.9. The van der Waals surface area contributed by atoms with Crippen LogP contribution in [0.1, 0.15) is 25.0 Å². The second-order valence-corrected chi connectivity index (χ2v) is 6.83. The minimum Gasteiger partial charge on any atom is -0.0819 e. The van der Waals surface area contributed by atoms with Crippen LogP contribution < -0.4 is 0 Å². The first-order valence-electron chi connectivity index (χ1n) is 5.63. The molecular weight excluding hydrogens is 375 g/mol. The summed E-state index contributed by atoms with van der Waals surface area (Å²) in [7, 11) is 0. The molecule has 0 aliphatic heterocycles. The third kappa shape index (κ3) is 2.66. The molecule has 0 heterocycles. The van der Waals surface area contributed by atoms with Crippen molar-refractivity contribution in [3.63, 3.8) is 0 Å².